The third-order valence-electron chi connectivity index (χ3n) is 4.22. The number of carbonyl (C=O) groups excluding carboxylic acids is 2. The molecule has 1 saturated heterocycles. The topological polar surface area (TPSA) is 78.9 Å². The molecule has 2 N–H and O–H groups in total. The maximum atomic E-state index is 12.2. The zero-order chi connectivity index (χ0) is 17.0. The lowest BCUT2D eigenvalue weighted by atomic mass is 9.99. The molecule has 1 aliphatic rings. The Kier molecular flexibility index (Phi) is 5.26. The average Bonchev–Trinajstić information content (AvgIpc) is 2.77. The number of amides is 3. The molecule has 2 rings (SSSR count). The summed E-state index contributed by atoms with van der Waals surface area (Å²) < 4.78 is 5.51. The van der Waals surface area contributed by atoms with Gasteiger partial charge in [-0.3, -0.25) is 9.69 Å². The molecule has 0 bridgehead atoms. The molecule has 3 amide bonds. The molecule has 1 heterocycles. The minimum atomic E-state index is -0.935. The fourth-order valence-corrected chi connectivity index (χ4v) is 2.43. The molecule has 0 aromatic heterocycles. The van der Waals surface area contributed by atoms with Crippen LogP contribution in [0.3, 0.4) is 0 Å². The van der Waals surface area contributed by atoms with E-state index in [9.17, 15) is 14.7 Å². The summed E-state index contributed by atoms with van der Waals surface area (Å²) in [6.07, 6.45) is 0.519. The first kappa shape index (κ1) is 17.3. The van der Waals surface area contributed by atoms with E-state index in [1.807, 2.05) is 31.2 Å². The highest BCUT2D eigenvalue weighted by Crippen LogP contribution is 2.21. The normalized spacial score (nSPS) is 22.2. The molecule has 0 aliphatic carbocycles. The van der Waals surface area contributed by atoms with Gasteiger partial charge in [0.15, 0.2) is 0 Å². The summed E-state index contributed by atoms with van der Waals surface area (Å²) in [4.78, 5) is 25.2. The van der Waals surface area contributed by atoms with Crippen molar-refractivity contribution < 1.29 is 19.4 Å². The van der Waals surface area contributed by atoms with Crippen molar-refractivity contribution in [2.75, 3.05) is 13.2 Å². The number of hydrogen-bond donors (Lipinski definition) is 2. The van der Waals surface area contributed by atoms with Crippen LogP contribution in [0.5, 0.6) is 5.75 Å². The van der Waals surface area contributed by atoms with Gasteiger partial charge in [-0.05, 0) is 37.5 Å². The van der Waals surface area contributed by atoms with Crippen LogP contribution in [-0.4, -0.2) is 46.7 Å². The van der Waals surface area contributed by atoms with Crippen molar-refractivity contribution in [3.63, 3.8) is 0 Å². The van der Waals surface area contributed by atoms with Crippen molar-refractivity contribution in [3.05, 3.63) is 29.8 Å². The first-order valence-corrected chi connectivity index (χ1v) is 7.93. The van der Waals surface area contributed by atoms with Gasteiger partial charge in [0.1, 0.15) is 24.0 Å². The average molecular weight is 320 g/mol. The third kappa shape index (κ3) is 3.82. The zero-order valence-electron chi connectivity index (χ0n) is 13.8. The number of aliphatic hydroxyl groups is 1. The molecule has 0 unspecified atom stereocenters. The summed E-state index contributed by atoms with van der Waals surface area (Å²) in [5.41, 5.74) is 0.323. The van der Waals surface area contributed by atoms with E-state index in [1.165, 1.54) is 5.56 Å². The highest BCUT2D eigenvalue weighted by Gasteiger charge is 2.46. The second-order valence-electron chi connectivity index (χ2n) is 5.99. The number of ether oxygens (including phenoxy) is 1. The van der Waals surface area contributed by atoms with Gasteiger partial charge in [-0.2, -0.15) is 0 Å². The lowest BCUT2D eigenvalue weighted by molar-refractivity contribution is -0.132. The second-order valence-corrected chi connectivity index (χ2v) is 5.99. The van der Waals surface area contributed by atoms with Crippen molar-refractivity contribution >= 4 is 11.9 Å². The van der Waals surface area contributed by atoms with Gasteiger partial charge in [-0.1, -0.05) is 26.0 Å². The van der Waals surface area contributed by atoms with Crippen LogP contribution in [0, 0.1) is 0 Å². The van der Waals surface area contributed by atoms with Gasteiger partial charge in [-0.25, -0.2) is 4.79 Å². The van der Waals surface area contributed by atoms with Crippen molar-refractivity contribution in [3.8, 4) is 5.75 Å². The number of carbonyl (C=O) groups is 2. The van der Waals surface area contributed by atoms with E-state index in [0.29, 0.717) is 12.2 Å². The van der Waals surface area contributed by atoms with E-state index in [4.69, 9.17) is 4.74 Å². The fraction of sp³-hybridized carbons (Fsp3) is 0.529. The lowest BCUT2D eigenvalue weighted by Gasteiger charge is -2.21. The predicted molar refractivity (Wildman–Crippen MR) is 86.3 cm³/mol. The Bertz CT molecular complexity index is 572. The lowest BCUT2D eigenvalue weighted by Crippen LogP contribution is -2.44. The van der Waals surface area contributed by atoms with Crippen LogP contribution >= 0.6 is 0 Å². The number of hydrogen-bond acceptors (Lipinski definition) is 4. The van der Waals surface area contributed by atoms with E-state index in [1.54, 1.807) is 6.92 Å². The number of nitrogens with one attached hydrogen (secondary N) is 1. The van der Waals surface area contributed by atoms with Crippen LogP contribution in [0.4, 0.5) is 4.79 Å². The van der Waals surface area contributed by atoms with E-state index in [0.717, 1.165) is 11.3 Å². The predicted octanol–water partition coefficient (Wildman–Crippen LogP) is 1.71. The zero-order valence-corrected chi connectivity index (χ0v) is 13.8. The summed E-state index contributed by atoms with van der Waals surface area (Å²) in [5, 5.41) is 12.7. The number of urea groups is 1. The highest BCUT2D eigenvalue weighted by atomic mass is 16.5. The molecule has 6 heteroatoms. The maximum Gasteiger partial charge on any atom is 0.325 e. The Balaban J connectivity index is 1.88. The van der Waals surface area contributed by atoms with Crippen LogP contribution < -0.4 is 10.1 Å². The van der Waals surface area contributed by atoms with Gasteiger partial charge in [-0.15, -0.1) is 0 Å². The number of rotatable bonds is 7. The number of benzene rings is 1. The molecule has 2 atom stereocenters. The van der Waals surface area contributed by atoms with E-state index in [-0.39, 0.29) is 19.1 Å². The number of aryl methyl sites for hydroxylation is 1. The van der Waals surface area contributed by atoms with E-state index in [2.05, 4.69) is 12.2 Å². The molecule has 0 saturated carbocycles. The quantitative estimate of drug-likeness (QED) is 0.750. The van der Waals surface area contributed by atoms with Crippen molar-refractivity contribution in [2.24, 2.45) is 0 Å². The van der Waals surface area contributed by atoms with E-state index < -0.39 is 17.7 Å². The first-order valence-electron chi connectivity index (χ1n) is 7.93. The third-order valence-corrected chi connectivity index (χ3v) is 4.22. The van der Waals surface area contributed by atoms with Crippen LogP contribution in [0.25, 0.3) is 0 Å². The van der Waals surface area contributed by atoms with E-state index >= 15 is 0 Å². The van der Waals surface area contributed by atoms with Gasteiger partial charge < -0.3 is 15.2 Å². The molecule has 6 nitrogen and oxygen atoms in total. The minimum Gasteiger partial charge on any atom is -0.491 e. The number of imide groups is 1. The molecule has 23 heavy (non-hydrogen) atoms. The Hall–Kier alpha value is -2.08. The standard InChI is InChI=1S/C17H24N2O4/c1-4-12-6-8-14(9-7-12)23-11-13(20)10-19-15(21)17(3,5-2)18-16(19)22/h6-9,13,20H,4-5,10-11H2,1-3H3,(H,18,22)/t13-,17+/m1/s1. The summed E-state index contributed by atoms with van der Waals surface area (Å²) in [6, 6.07) is 7.14. The fourth-order valence-electron chi connectivity index (χ4n) is 2.43. The Morgan fingerprint density at radius 3 is 2.43 bits per heavy atom. The molecule has 1 fully saturated rings. The molecule has 0 radical (unpaired) electrons. The minimum absolute atomic E-state index is 0.0192. The summed E-state index contributed by atoms with van der Waals surface area (Å²) in [5.74, 6) is 0.341. The van der Waals surface area contributed by atoms with Gasteiger partial charge >= 0.3 is 6.03 Å². The molecule has 1 aliphatic heterocycles. The number of nitrogens with zero attached hydrogens (tertiary/aromatic N) is 1. The van der Waals surface area contributed by atoms with Crippen molar-refractivity contribution in [1.82, 2.24) is 10.2 Å². The smallest absolute Gasteiger partial charge is 0.325 e. The summed E-state index contributed by atoms with van der Waals surface area (Å²) in [7, 11) is 0. The Morgan fingerprint density at radius 2 is 1.91 bits per heavy atom. The number of aliphatic hydroxyl groups excluding tert-OH is 1. The van der Waals surface area contributed by atoms with Gasteiger partial charge in [0.05, 0.1) is 6.54 Å². The largest absolute Gasteiger partial charge is 0.491 e. The molecule has 1 aromatic carbocycles. The molecule has 1 aromatic rings. The Labute approximate surface area is 136 Å². The molecule has 0 spiro atoms. The van der Waals surface area contributed by atoms with Crippen LogP contribution in [0.15, 0.2) is 24.3 Å². The van der Waals surface area contributed by atoms with Crippen molar-refractivity contribution in [2.45, 2.75) is 45.3 Å². The molecule has 126 valence electrons. The van der Waals surface area contributed by atoms with Crippen molar-refractivity contribution in [1.29, 1.82) is 0 Å². The van der Waals surface area contributed by atoms with Gasteiger partial charge in [0.25, 0.3) is 5.91 Å². The monoisotopic (exact) mass is 320 g/mol. The molecular weight excluding hydrogens is 296 g/mol. The second kappa shape index (κ2) is 7.00. The first-order chi connectivity index (χ1) is 10.9. The SMILES string of the molecule is CCc1ccc(OC[C@H](O)CN2C(=O)N[C@@](C)(CC)C2=O)cc1. The van der Waals surface area contributed by atoms with Crippen LogP contribution in [0.1, 0.15) is 32.8 Å². The van der Waals surface area contributed by atoms with Crippen LogP contribution in [-0.2, 0) is 11.2 Å². The molecular formula is C17H24N2O4. The highest BCUT2D eigenvalue weighted by molar-refractivity contribution is 6.06. The van der Waals surface area contributed by atoms with Crippen LogP contribution in [0.2, 0.25) is 0 Å². The summed E-state index contributed by atoms with van der Waals surface area (Å²) in [6.45, 7) is 5.53. The van der Waals surface area contributed by atoms with Gasteiger partial charge in [0.2, 0.25) is 0 Å². The maximum absolute atomic E-state index is 12.2. The summed E-state index contributed by atoms with van der Waals surface area (Å²) >= 11 is 0. The van der Waals surface area contributed by atoms with Gasteiger partial charge in [0, 0.05) is 0 Å². The number of β-amino-alcohol motifs (C(OH)–C–C–N with tert-alkyl or cyclic N) is 1. The Morgan fingerprint density at radius 1 is 1.26 bits per heavy atom.